The number of halogens is 3. The smallest absolute Gasteiger partial charge is 0.267 e. The minimum Gasteiger partial charge on any atom is -0.267 e. The van der Waals surface area contributed by atoms with Crippen molar-refractivity contribution in [2.75, 3.05) is 0 Å². The summed E-state index contributed by atoms with van der Waals surface area (Å²) in [7, 11) is 14.8. The normalized spacial score (nSPS) is 5.57. The van der Waals surface area contributed by atoms with E-state index in [1.165, 1.54) is 0 Å². The van der Waals surface area contributed by atoms with Crippen molar-refractivity contribution in [1.29, 1.82) is 0 Å². The third-order valence-electron chi connectivity index (χ3n) is 0. The Bertz CT molecular complexity index is 37.2. The molecule has 3 nitrogen and oxygen atoms in total. The Labute approximate surface area is 57.1 Å². The highest BCUT2D eigenvalue weighted by molar-refractivity contribution is 7.54. The highest BCUT2D eigenvalue weighted by Gasteiger charge is 2.00. The molecule has 0 radical (unpaired) electrons. The van der Waals surface area contributed by atoms with Crippen molar-refractivity contribution in [3.05, 3.63) is 10.1 Å². The first kappa shape index (κ1) is 10.7. The molecule has 0 rings (SSSR count). The molecule has 0 fully saturated rings. The van der Waals surface area contributed by atoms with Gasteiger partial charge in [-0.2, -0.15) is 0 Å². The lowest BCUT2D eigenvalue weighted by Crippen LogP contribution is -2.53. The van der Waals surface area contributed by atoms with Gasteiger partial charge < -0.3 is 0 Å². The molecule has 0 heterocycles. The first-order valence-corrected chi connectivity index (χ1v) is 6.30. The fraction of sp³-hybridized carbons (Fsp3) is 0. The van der Waals surface area contributed by atoms with E-state index in [1.807, 2.05) is 0 Å². The van der Waals surface area contributed by atoms with Crippen LogP contribution in [0.3, 0.4) is 0 Å². The van der Waals surface area contributed by atoms with Crippen molar-refractivity contribution >= 4 is 41.5 Å². The Kier molecular flexibility index (Phi) is 15.2. The van der Waals surface area contributed by atoms with Crippen LogP contribution in [0.4, 0.5) is 0 Å². The Morgan fingerprint density at radius 3 is 1.43 bits per heavy atom. The van der Waals surface area contributed by atoms with Crippen molar-refractivity contribution in [1.82, 2.24) is 0 Å². The van der Waals surface area contributed by atoms with Crippen LogP contribution in [0, 0.1) is 10.1 Å². The standard InChI is InChI=1S/Al.3ClH.HNO2/c;;;;2-1-3/h;3*1H;1H/q+3;;;;/p-3. The van der Waals surface area contributed by atoms with Gasteiger partial charge in [-0.25, -0.2) is 30.1 Å². The molecule has 0 atom stereocenters. The predicted octanol–water partition coefficient (Wildman–Crippen LogP) is 0.0189. The zero-order valence-electron chi connectivity index (χ0n) is 3.03. The number of nitrogens with one attached hydrogen (secondary N) is 1. The molecule has 0 saturated heterocycles. The summed E-state index contributed by atoms with van der Waals surface area (Å²) in [5.41, 5.74) is 0. The summed E-state index contributed by atoms with van der Waals surface area (Å²) in [6, 6.07) is 0. The van der Waals surface area contributed by atoms with E-state index < -0.39 is 11.4 Å². The molecule has 7 heavy (non-hydrogen) atoms. The van der Waals surface area contributed by atoms with Crippen LogP contribution >= 0.6 is 30.1 Å². The Hall–Kier alpha value is 0.802. The summed E-state index contributed by atoms with van der Waals surface area (Å²) in [5, 5.41) is 8.38. The molecule has 0 unspecified atom stereocenters. The van der Waals surface area contributed by atoms with E-state index in [0.29, 0.717) is 0 Å². The molecule has 0 aromatic rings. The molecular formula is HAlCl3NO2. The Balaban J connectivity index is 0. The molecule has 7 heteroatoms. The SMILES string of the molecule is O=[NH+][O-].[Cl][Al]([Cl])[Cl]. The van der Waals surface area contributed by atoms with Crippen molar-refractivity contribution in [3.8, 4) is 0 Å². The van der Waals surface area contributed by atoms with E-state index >= 15 is 0 Å². The van der Waals surface area contributed by atoms with Gasteiger partial charge in [-0.3, -0.25) is 10.1 Å². The minimum atomic E-state index is -1.72. The van der Waals surface area contributed by atoms with E-state index in [4.69, 9.17) is 40.3 Å². The molecule has 0 amide bonds. The number of rotatable bonds is 0. The van der Waals surface area contributed by atoms with Gasteiger partial charge in [0.2, 0.25) is 0 Å². The van der Waals surface area contributed by atoms with E-state index in [0.717, 1.165) is 0 Å². The zero-order valence-corrected chi connectivity index (χ0v) is 6.45. The van der Waals surface area contributed by atoms with Gasteiger partial charge in [-0.1, -0.05) is 0 Å². The number of hydrogen-bond donors (Lipinski definition) is 1. The van der Waals surface area contributed by atoms with E-state index in [9.17, 15) is 0 Å². The van der Waals surface area contributed by atoms with Crippen LogP contribution in [0.2, 0.25) is 0 Å². The van der Waals surface area contributed by atoms with Crippen LogP contribution in [0.1, 0.15) is 0 Å². The van der Waals surface area contributed by atoms with Crippen molar-refractivity contribution in [2.45, 2.75) is 0 Å². The lowest BCUT2D eigenvalue weighted by atomic mass is 13.4. The highest BCUT2D eigenvalue weighted by atomic mass is 35.8. The maximum atomic E-state index is 8.12. The third kappa shape index (κ3) is 244. The molecule has 0 spiro atoms. The van der Waals surface area contributed by atoms with Gasteiger partial charge in [-0.05, 0) is 0 Å². The lowest BCUT2D eigenvalue weighted by molar-refractivity contribution is -0.398. The van der Waals surface area contributed by atoms with Gasteiger partial charge in [0.1, 0.15) is 0 Å². The van der Waals surface area contributed by atoms with Gasteiger partial charge in [0, 0.05) is 5.34 Å². The lowest BCUT2D eigenvalue weighted by Gasteiger charge is -1.57. The first-order chi connectivity index (χ1) is 3.15. The van der Waals surface area contributed by atoms with Gasteiger partial charge in [-0.15, -0.1) is 0 Å². The molecule has 0 aromatic heterocycles. The van der Waals surface area contributed by atoms with Crippen LogP contribution < -0.4 is 5.34 Å². The summed E-state index contributed by atoms with van der Waals surface area (Å²) < 4.78 is 0. The van der Waals surface area contributed by atoms with Crippen LogP contribution in [0.25, 0.3) is 0 Å². The van der Waals surface area contributed by atoms with Crippen LogP contribution in [0.15, 0.2) is 0 Å². The summed E-state index contributed by atoms with van der Waals surface area (Å²) in [5.74, 6) is 0. The molecule has 1 N–H and O–H groups in total. The minimum absolute atomic E-state index is 0.250. The van der Waals surface area contributed by atoms with Gasteiger partial charge in [0.25, 0.3) is 0 Å². The highest BCUT2D eigenvalue weighted by Crippen LogP contribution is 1.97. The van der Waals surface area contributed by atoms with Crippen LogP contribution in [-0.2, 0) is 0 Å². The van der Waals surface area contributed by atoms with Crippen molar-refractivity contribution in [3.63, 3.8) is 0 Å². The maximum Gasteiger partial charge on any atom is 0.643 e. The first-order valence-electron chi connectivity index (χ1n) is 1.06. The predicted molar refractivity (Wildman–Crippen MR) is 31.0 cm³/mol. The van der Waals surface area contributed by atoms with E-state index in [2.05, 4.69) is 0 Å². The van der Waals surface area contributed by atoms with Gasteiger partial charge >= 0.3 is 11.4 Å². The van der Waals surface area contributed by atoms with Crippen molar-refractivity contribution in [2.24, 2.45) is 0 Å². The topological polar surface area (TPSA) is 54.1 Å². The van der Waals surface area contributed by atoms with Crippen LogP contribution in [-0.4, -0.2) is 11.4 Å². The van der Waals surface area contributed by atoms with Gasteiger partial charge in [0.05, 0.1) is 0 Å². The quantitative estimate of drug-likeness (QED) is 0.324. The molecule has 0 aliphatic rings. The molecule has 0 saturated carbocycles. The molecule has 0 aliphatic carbocycles. The summed E-state index contributed by atoms with van der Waals surface area (Å²) in [6.07, 6.45) is 0. The Morgan fingerprint density at radius 1 is 1.43 bits per heavy atom. The second-order valence-electron chi connectivity index (χ2n) is 0.331. The Morgan fingerprint density at radius 2 is 1.43 bits per heavy atom. The molecule has 0 aromatic carbocycles. The van der Waals surface area contributed by atoms with Crippen LogP contribution in [0.5, 0.6) is 0 Å². The fourth-order valence-electron chi connectivity index (χ4n) is 0. The summed E-state index contributed by atoms with van der Waals surface area (Å²) in [6.45, 7) is 0. The second kappa shape index (κ2) is 9.93. The number of hydrogen-bond acceptors (Lipinski definition) is 2. The fourth-order valence-corrected chi connectivity index (χ4v) is 0. The molecule has 0 aliphatic heterocycles. The van der Waals surface area contributed by atoms with E-state index in [1.54, 1.807) is 0 Å². The van der Waals surface area contributed by atoms with Crippen molar-refractivity contribution < 1.29 is 5.34 Å². The molecule has 0 bridgehead atoms. The second-order valence-corrected chi connectivity index (χ2v) is 6.76. The average Bonchev–Trinajstić information content (AvgIpc) is 1.33. The summed E-state index contributed by atoms with van der Waals surface area (Å²) in [4.78, 5) is 8.12. The monoisotopic (exact) mass is 179 g/mol. The van der Waals surface area contributed by atoms with E-state index in [-0.39, 0.29) is 5.34 Å². The molecular weight excluding hydrogens is 179 g/mol. The third-order valence-corrected chi connectivity index (χ3v) is 0. The zero-order chi connectivity index (χ0) is 6.28. The average molecular weight is 180 g/mol. The maximum absolute atomic E-state index is 8.12. The van der Waals surface area contributed by atoms with Gasteiger partial charge in [0.15, 0.2) is 0 Å². The largest absolute Gasteiger partial charge is 0.643 e. The molecule has 42 valence electrons. The summed E-state index contributed by atoms with van der Waals surface area (Å²) >= 11 is -1.72.